The van der Waals surface area contributed by atoms with Crippen molar-refractivity contribution in [1.82, 2.24) is 35.3 Å². The number of aryl methyl sites for hydroxylation is 1. The number of hydrogen-bond donors (Lipinski definition) is 1. The monoisotopic (exact) mass is 283 g/mol. The van der Waals surface area contributed by atoms with Crippen LogP contribution in [0.5, 0.6) is 0 Å². The quantitative estimate of drug-likeness (QED) is 0.753. The minimum atomic E-state index is 0.0548. The minimum Gasteiger partial charge on any atom is -0.311 e. The summed E-state index contributed by atoms with van der Waals surface area (Å²) in [5, 5.41) is 20.2. The summed E-state index contributed by atoms with van der Waals surface area (Å²) in [5.41, 5.74) is 2.75. The largest absolute Gasteiger partial charge is 0.311 e. The van der Waals surface area contributed by atoms with E-state index in [2.05, 4.69) is 25.8 Å². The van der Waals surface area contributed by atoms with Gasteiger partial charge < -0.3 is 5.32 Å². The van der Waals surface area contributed by atoms with Gasteiger partial charge in [0.25, 0.3) is 0 Å². The van der Waals surface area contributed by atoms with Crippen molar-refractivity contribution in [2.24, 2.45) is 7.05 Å². The van der Waals surface area contributed by atoms with E-state index in [0.717, 1.165) is 23.5 Å². The summed E-state index contributed by atoms with van der Waals surface area (Å²) in [6.07, 6.45) is 4.41. The maximum absolute atomic E-state index is 4.54. The van der Waals surface area contributed by atoms with Gasteiger partial charge in [0.2, 0.25) is 0 Å². The van der Waals surface area contributed by atoms with Crippen LogP contribution in [0.3, 0.4) is 0 Å². The molecule has 7 heteroatoms. The molecule has 0 bridgehead atoms. The first-order valence-electron chi connectivity index (χ1n) is 6.76. The molecule has 108 valence electrons. The Morgan fingerprint density at radius 2 is 2.05 bits per heavy atom. The standard InChI is InChI=1S/C14H17N7/c1-15-13(8-11-10-20(2)19-17-11)14-9-16-21(18-14)12-6-4-3-5-7-12/h3-7,9-10,13,15H,8H2,1-2H3. The zero-order valence-corrected chi connectivity index (χ0v) is 12.0. The highest BCUT2D eigenvalue weighted by molar-refractivity contribution is 5.28. The zero-order chi connectivity index (χ0) is 14.7. The van der Waals surface area contributed by atoms with Gasteiger partial charge in [0, 0.05) is 19.7 Å². The molecule has 3 aromatic rings. The molecule has 7 nitrogen and oxygen atoms in total. The molecule has 21 heavy (non-hydrogen) atoms. The summed E-state index contributed by atoms with van der Waals surface area (Å²) in [6, 6.07) is 9.90. The molecule has 0 spiro atoms. The Morgan fingerprint density at radius 3 is 2.71 bits per heavy atom. The summed E-state index contributed by atoms with van der Waals surface area (Å²) in [4.78, 5) is 1.64. The molecular formula is C14H17N7. The Kier molecular flexibility index (Phi) is 3.74. The Balaban J connectivity index is 1.80. The molecule has 3 rings (SSSR count). The molecular weight excluding hydrogens is 266 g/mol. The number of rotatable bonds is 5. The van der Waals surface area contributed by atoms with Gasteiger partial charge in [-0.3, -0.25) is 4.68 Å². The smallest absolute Gasteiger partial charge is 0.100 e. The SMILES string of the molecule is CNC(Cc1cn(C)nn1)c1cnn(-c2ccccc2)n1. The summed E-state index contributed by atoms with van der Waals surface area (Å²) < 4.78 is 1.70. The van der Waals surface area contributed by atoms with E-state index in [1.165, 1.54) is 0 Å². The van der Waals surface area contributed by atoms with Crippen molar-refractivity contribution in [2.75, 3.05) is 7.05 Å². The normalized spacial score (nSPS) is 12.5. The van der Waals surface area contributed by atoms with Crippen LogP contribution in [0.25, 0.3) is 5.69 Å². The maximum Gasteiger partial charge on any atom is 0.100 e. The van der Waals surface area contributed by atoms with Gasteiger partial charge in [-0.25, -0.2) is 0 Å². The van der Waals surface area contributed by atoms with Crippen molar-refractivity contribution in [2.45, 2.75) is 12.5 Å². The fraction of sp³-hybridized carbons (Fsp3) is 0.286. The Morgan fingerprint density at radius 1 is 1.24 bits per heavy atom. The van der Waals surface area contributed by atoms with Crippen LogP contribution in [-0.2, 0) is 13.5 Å². The second-order valence-corrected chi connectivity index (χ2v) is 4.82. The summed E-state index contributed by atoms with van der Waals surface area (Å²) in [6.45, 7) is 0. The molecule has 2 aromatic heterocycles. The van der Waals surface area contributed by atoms with E-state index in [-0.39, 0.29) is 6.04 Å². The van der Waals surface area contributed by atoms with Crippen LogP contribution >= 0.6 is 0 Å². The Labute approximate surface area is 122 Å². The molecule has 0 aliphatic carbocycles. The van der Waals surface area contributed by atoms with Gasteiger partial charge in [0.05, 0.1) is 23.6 Å². The number of aromatic nitrogens is 6. The molecule has 0 saturated heterocycles. The first kappa shape index (κ1) is 13.4. The van der Waals surface area contributed by atoms with Crippen LogP contribution in [0, 0.1) is 0 Å². The van der Waals surface area contributed by atoms with Gasteiger partial charge in [-0.1, -0.05) is 23.4 Å². The van der Waals surface area contributed by atoms with Gasteiger partial charge in [-0.15, -0.1) is 5.10 Å². The number of likely N-dealkylation sites (N-methyl/N-ethyl adjacent to an activating group) is 1. The lowest BCUT2D eigenvalue weighted by Crippen LogP contribution is -2.19. The molecule has 0 aliphatic rings. The average Bonchev–Trinajstić information content (AvgIpc) is 3.15. The summed E-state index contributed by atoms with van der Waals surface area (Å²) in [5.74, 6) is 0. The van der Waals surface area contributed by atoms with Gasteiger partial charge in [0.15, 0.2) is 0 Å². The van der Waals surface area contributed by atoms with Crippen LogP contribution in [0.2, 0.25) is 0 Å². The molecule has 1 aromatic carbocycles. The molecule has 0 amide bonds. The highest BCUT2D eigenvalue weighted by atomic mass is 15.5. The van der Waals surface area contributed by atoms with Crippen molar-refractivity contribution in [3.8, 4) is 5.69 Å². The first-order chi connectivity index (χ1) is 10.3. The maximum atomic E-state index is 4.54. The molecule has 0 aliphatic heterocycles. The van der Waals surface area contributed by atoms with Gasteiger partial charge in [-0.05, 0) is 19.2 Å². The number of nitrogens with one attached hydrogen (secondary N) is 1. The van der Waals surface area contributed by atoms with Crippen LogP contribution in [-0.4, -0.2) is 37.0 Å². The third-order valence-corrected chi connectivity index (χ3v) is 3.27. The van der Waals surface area contributed by atoms with Crippen molar-refractivity contribution >= 4 is 0 Å². The number of nitrogens with zero attached hydrogens (tertiary/aromatic N) is 6. The van der Waals surface area contributed by atoms with Crippen molar-refractivity contribution in [3.05, 3.63) is 54.1 Å². The van der Waals surface area contributed by atoms with Crippen LogP contribution < -0.4 is 5.32 Å². The molecule has 1 atom stereocenters. The molecule has 0 fully saturated rings. The van der Waals surface area contributed by atoms with E-state index >= 15 is 0 Å². The third-order valence-electron chi connectivity index (χ3n) is 3.27. The van der Waals surface area contributed by atoms with Gasteiger partial charge in [0.1, 0.15) is 5.69 Å². The lowest BCUT2D eigenvalue weighted by atomic mass is 10.1. The van der Waals surface area contributed by atoms with E-state index in [1.54, 1.807) is 15.7 Å². The highest BCUT2D eigenvalue weighted by Gasteiger charge is 2.16. The van der Waals surface area contributed by atoms with E-state index in [9.17, 15) is 0 Å². The fourth-order valence-corrected chi connectivity index (χ4v) is 2.17. The lowest BCUT2D eigenvalue weighted by Gasteiger charge is -2.10. The van der Waals surface area contributed by atoms with Crippen LogP contribution in [0.4, 0.5) is 0 Å². The van der Waals surface area contributed by atoms with Crippen LogP contribution in [0.1, 0.15) is 17.4 Å². The molecule has 1 unspecified atom stereocenters. The van der Waals surface area contributed by atoms with Crippen LogP contribution in [0.15, 0.2) is 42.7 Å². The Bertz CT molecular complexity index is 701. The van der Waals surface area contributed by atoms with E-state index < -0.39 is 0 Å². The van der Waals surface area contributed by atoms with Gasteiger partial charge >= 0.3 is 0 Å². The minimum absolute atomic E-state index is 0.0548. The summed E-state index contributed by atoms with van der Waals surface area (Å²) in [7, 11) is 3.76. The van der Waals surface area contributed by atoms with Crippen molar-refractivity contribution < 1.29 is 0 Å². The third kappa shape index (κ3) is 2.97. The molecule has 1 N–H and O–H groups in total. The number of hydrogen-bond acceptors (Lipinski definition) is 5. The fourth-order valence-electron chi connectivity index (χ4n) is 2.17. The van der Waals surface area contributed by atoms with E-state index in [0.29, 0.717) is 0 Å². The van der Waals surface area contributed by atoms with Crippen molar-refractivity contribution in [1.29, 1.82) is 0 Å². The molecule has 0 saturated carbocycles. The second kappa shape index (κ2) is 5.84. The van der Waals surface area contributed by atoms with E-state index in [1.807, 2.05) is 50.6 Å². The Hall–Kier alpha value is -2.54. The second-order valence-electron chi connectivity index (χ2n) is 4.82. The lowest BCUT2D eigenvalue weighted by molar-refractivity contribution is 0.560. The highest BCUT2D eigenvalue weighted by Crippen LogP contribution is 2.15. The topological polar surface area (TPSA) is 73.5 Å². The number of benzene rings is 1. The molecule has 0 radical (unpaired) electrons. The van der Waals surface area contributed by atoms with E-state index in [4.69, 9.17) is 0 Å². The summed E-state index contributed by atoms with van der Waals surface area (Å²) >= 11 is 0. The van der Waals surface area contributed by atoms with Crippen molar-refractivity contribution in [3.63, 3.8) is 0 Å². The van der Waals surface area contributed by atoms with Gasteiger partial charge in [-0.2, -0.15) is 15.0 Å². The molecule has 2 heterocycles. The number of para-hydroxylation sites is 1. The predicted molar refractivity (Wildman–Crippen MR) is 77.9 cm³/mol. The zero-order valence-electron chi connectivity index (χ0n) is 12.0. The predicted octanol–water partition coefficient (Wildman–Crippen LogP) is 0.899. The first-order valence-corrected chi connectivity index (χ1v) is 6.76. The average molecular weight is 283 g/mol.